The van der Waals surface area contributed by atoms with Gasteiger partial charge in [-0.3, -0.25) is 4.79 Å². The Morgan fingerprint density at radius 3 is 2.60 bits per heavy atom. The molecule has 0 atom stereocenters. The highest BCUT2D eigenvalue weighted by Gasteiger charge is 2.26. The van der Waals surface area contributed by atoms with Crippen molar-refractivity contribution in [3.05, 3.63) is 64.3 Å². The van der Waals surface area contributed by atoms with E-state index in [9.17, 15) is 14.0 Å². The van der Waals surface area contributed by atoms with Crippen LogP contribution in [0, 0.1) is 12.7 Å². The number of hydrogen-bond acceptors (Lipinski definition) is 6. The molecule has 1 amide bonds. The van der Waals surface area contributed by atoms with Gasteiger partial charge in [0.25, 0.3) is 5.91 Å². The van der Waals surface area contributed by atoms with Crippen LogP contribution in [0.3, 0.4) is 0 Å². The van der Waals surface area contributed by atoms with Gasteiger partial charge in [-0.15, -0.1) is 11.3 Å². The minimum atomic E-state index is -0.554. The number of nitrogens with one attached hydrogen (secondary N) is 1. The zero-order valence-electron chi connectivity index (χ0n) is 16.3. The molecule has 0 unspecified atom stereocenters. The van der Waals surface area contributed by atoms with Gasteiger partial charge in [-0.05, 0) is 49.7 Å². The number of carbonyl (C=O) groups excluding carboxylic acids is 2. The standard InChI is InChI=1S/C22H18FNO5S/c1-3-27-22(26)19-18(13-4-7-15(23)8-5-13)12(2)30-21(19)24-20(25)14-6-9-16-17(10-14)29-11-28-16/h4-10H,3,11H2,1-2H3,(H,24,25). The Morgan fingerprint density at radius 2 is 1.87 bits per heavy atom. The number of amides is 1. The Balaban J connectivity index is 1.72. The van der Waals surface area contributed by atoms with Crippen molar-refractivity contribution in [2.45, 2.75) is 13.8 Å². The number of halogens is 1. The fourth-order valence-electron chi connectivity index (χ4n) is 3.21. The molecule has 0 saturated heterocycles. The molecule has 1 aliphatic heterocycles. The number of aryl methyl sites for hydroxylation is 1. The molecule has 3 aromatic rings. The van der Waals surface area contributed by atoms with Crippen molar-refractivity contribution in [2.24, 2.45) is 0 Å². The van der Waals surface area contributed by atoms with Gasteiger partial charge in [-0.2, -0.15) is 0 Å². The molecule has 6 nitrogen and oxygen atoms in total. The Morgan fingerprint density at radius 1 is 1.13 bits per heavy atom. The molecule has 1 aliphatic rings. The lowest BCUT2D eigenvalue weighted by atomic mass is 10.0. The van der Waals surface area contributed by atoms with E-state index in [4.69, 9.17) is 14.2 Å². The van der Waals surface area contributed by atoms with Crippen LogP contribution in [-0.2, 0) is 4.74 Å². The minimum Gasteiger partial charge on any atom is -0.462 e. The molecule has 0 fully saturated rings. The second-order valence-electron chi connectivity index (χ2n) is 6.49. The zero-order chi connectivity index (χ0) is 21.3. The fourth-order valence-corrected chi connectivity index (χ4v) is 4.27. The van der Waals surface area contributed by atoms with Crippen LogP contribution in [0.25, 0.3) is 11.1 Å². The molecule has 8 heteroatoms. The highest BCUT2D eigenvalue weighted by molar-refractivity contribution is 7.17. The second-order valence-corrected chi connectivity index (χ2v) is 7.71. The highest BCUT2D eigenvalue weighted by atomic mass is 32.1. The van der Waals surface area contributed by atoms with Crippen molar-refractivity contribution in [3.63, 3.8) is 0 Å². The molecule has 154 valence electrons. The Bertz CT molecular complexity index is 1120. The summed E-state index contributed by atoms with van der Waals surface area (Å²) < 4.78 is 29.2. The number of esters is 1. The average Bonchev–Trinajstić information content (AvgIpc) is 3.32. The van der Waals surface area contributed by atoms with Crippen LogP contribution >= 0.6 is 11.3 Å². The minimum absolute atomic E-state index is 0.110. The number of carbonyl (C=O) groups is 2. The van der Waals surface area contributed by atoms with Crippen molar-refractivity contribution in [3.8, 4) is 22.6 Å². The molecular formula is C22H18FNO5S. The molecule has 0 aliphatic carbocycles. The van der Waals surface area contributed by atoms with Crippen molar-refractivity contribution in [1.82, 2.24) is 0 Å². The zero-order valence-corrected chi connectivity index (χ0v) is 17.1. The van der Waals surface area contributed by atoms with Crippen LogP contribution in [0.1, 0.15) is 32.5 Å². The predicted octanol–water partition coefficient (Wildman–Crippen LogP) is 5.02. The normalized spacial score (nSPS) is 12.0. The van der Waals surface area contributed by atoms with Gasteiger partial charge < -0.3 is 19.5 Å². The third kappa shape index (κ3) is 3.73. The number of benzene rings is 2. The maximum atomic E-state index is 13.4. The number of rotatable bonds is 5. The van der Waals surface area contributed by atoms with E-state index < -0.39 is 11.9 Å². The van der Waals surface area contributed by atoms with E-state index >= 15 is 0 Å². The van der Waals surface area contributed by atoms with Gasteiger partial charge in [-0.1, -0.05) is 12.1 Å². The lowest BCUT2D eigenvalue weighted by Gasteiger charge is -2.09. The first kappa shape index (κ1) is 19.9. The third-order valence-corrected chi connectivity index (χ3v) is 5.58. The van der Waals surface area contributed by atoms with E-state index in [1.807, 2.05) is 6.92 Å². The molecule has 4 rings (SSSR count). The monoisotopic (exact) mass is 427 g/mol. The van der Waals surface area contributed by atoms with Crippen LogP contribution in [-0.4, -0.2) is 25.3 Å². The van der Waals surface area contributed by atoms with Gasteiger partial charge in [0.15, 0.2) is 11.5 Å². The predicted molar refractivity (Wildman–Crippen MR) is 111 cm³/mol. The van der Waals surface area contributed by atoms with E-state index in [1.54, 1.807) is 37.3 Å². The van der Waals surface area contributed by atoms with Crippen LogP contribution < -0.4 is 14.8 Å². The molecule has 0 bridgehead atoms. The second kappa shape index (κ2) is 8.16. The van der Waals surface area contributed by atoms with E-state index in [2.05, 4.69) is 5.32 Å². The van der Waals surface area contributed by atoms with Crippen LogP contribution in [0.4, 0.5) is 9.39 Å². The molecule has 2 heterocycles. The Labute approximate surface area is 176 Å². The van der Waals surface area contributed by atoms with Gasteiger partial charge in [0.05, 0.1) is 6.61 Å². The molecular weight excluding hydrogens is 409 g/mol. The van der Waals surface area contributed by atoms with Crippen molar-refractivity contribution in [1.29, 1.82) is 0 Å². The number of hydrogen-bond donors (Lipinski definition) is 1. The first-order valence-electron chi connectivity index (χ1n) is 9.25. The molecule has 0 radical (unpaired) electrons. The highest BCUT2D eigenvalue weighted by Crippen LogP contribution is 2.41. The summed E-state index contributed by atoms with van der Waals surface area (Å²) in [5, 5.41) is 3.18. The summed E-state index contributed by atoms with van der Waals surface area (Å²) in [6, 6.07) is 10.7. The fraction of sp³-hybridized carbons (Fsp3) is 0.182. The number of fused-ring (bicyclic) bond motifs is 1. The van der Waals surface area contributed by atoms with Gasteiger partial charge in [0, 0.05) is 16.0 Å². The first-order valence-corrected chi connectivity index (χ1v) is 10.1. The number of ether oxygens (including phenoxy) is 3. The molecule has 0 saturated carbocycles. The Kier molecular flexibility index (Phi) is 5.41. The summed E-state index contributed by atoms with van der Waals surface area (Å²) >= 11 is 1.26. The van der Waals surface area contributed by atoms with E-state index in [0.717, 1.165) is 4.88 Å². The molecule has 30 heavy (non-hydrogen) atoms. The molecule has 1 N–H and O–H groups in total. The topological polar surface area (TPSA) is 73.9 Å². The van der Waals surface area contributed by atoms with Crippen molar-refractivity contribution < 1.29 is 28.2 Å². The maximum absolute atomic E-state index is 13.4. The maximum Gasteiger partial charge on any atom is 0.341 e. The quantitative estimate of drug-likeness (QED) is 0.579. The van der Waals surface area contributed by atoms with Crippen molar-refractivity contribution >= 4 is 28.2 Å². The lowest BCUT2D eigenvalue weighted by Crippen LogP contribution is -2.14. The smallest absolute Gasteiger partial charge is 0.341 e. The van der Waals surface area contributed by atoms with Crippen LogP contribution in [0.15, 0.2) is 42.5 Å². The van der Waals surface area contributed by atoms with Gasteiger partial charge >= 0.3 is 5.97 Å². The van der Waals surface area contributed by atoms with E-state index in [-0.39, 0.29) is 24.8 Å². The van der Waals surface area contributed by atoms with Crippen LogP contribution in [0.2, 0.25) is 0 Å². The summed E-state index contributed by atoms with van der Waals surface area (Å²) in [4.78, 5) is 26.4. The van der Waals surface area contributed by atoms with Crippen LogP contribution in [0.5, 0.6) is 11.5 Å². The summed E-state index contributed by atoms with van der Waals surface area (Å²) in [5.41, 5.74) is 1.89. The number of anilines is 1. The summed E-state index contributed by atoms with van der Waals surface area (Å²) in [5.74, 6) is -0.263. The largest absolute Gasteiger partial charge is 0.462 e. The van der Waals surface area contributed by atoms with E-state index in [1.165, 1.54) is 23.5 Å². The van der Waals surface area contributed by atoms with Crippen molar-refractivity contribution in [2.75, 3.05) is 18.7 Å². The van der Waals surface area contributed by atoms with E-state index in [0.29, 0.717) is 33.2 Å². The molecule has 2 aromatic carbocycles. The lowest BCUT2D eigenvalue weighted by molar-refractivity contribution is 0.0529. The van der Waals surface area contributed by atoms with Gasteiger partial charge in [-0.25, -0.2) is 9.18 Å². The summed E-state index contributed by atoms with van der Waals surface area (Å²) in [6.07, 6.45) is 0. The third-order valence-electron chi connectivity index (χ3n) is 4.56. The Hall–Kier alpha value is -3.39. The number of thiophene rings is 1. The summed E-state index contributed by atoms with van der Waals surface area (Å²) in [6.45, 7) is 3.84. The molecule has 1 aromatic heterocycles. The van der Waals surface area contributed by atoms with Gasteiger partial charge in [0.1, 0.15) is 16.4 Å². The summed E-state index contributed by atoms with van der Waals surface area (Å²) in [7, 11) is 0. The average molecular weight is 427 g/mol. The first-order chi connectivity index (χ1) is 14.5. The SMILES string of the molecule is CCOC(=O)c1c(NC(=O)c2ccc3c(c2)OCO3)sc(C)c1-c1ccc(F)cc1. The molecule has 0 spiro atoms. The van der Waals surface area contributed by atoms with Gasteiger partial charge in [0.2, 0.25) is 6.79 Å².